The zero-order valence-electron chi connectivity index (χ0n) is 16.1. The number of Topliss-reactive ketones (excluding diaryl/α,β-unsaturated/α-hetero) is 1. The van der Waals surface area contributed by atoms with Gasteiger partial charge in [-0.05, 0) is 49.4 Å². The van der Waals surface area contributed by atoms with E-state index in [-0.39, 0.29) is 18.5 Å². The van der Waals surface area contributed by atoms with E-state index in [4.69, 9.17) is 14.4 Å². The van der Waals surface area contributed by atoms with Crippen LogP contribution in [0, 0.1) is 13.8 Å². The second-order valence-electron chi connectivity index (χ2n) is 7.07. The molecule has 0 aliphatic carbocycles. The lowest BCUT2D eigenvalue weighted by Crippen LogP contribution is -2.56. The van der Waals surface area contributed by atoms with Crippen LogP contribution in [-0.4, -0.2) is 61.5 Å². The van der Waals surface area contributed by atoms with Gasteiger partial charge in [-0.1, -0.05) is 22.0 Å². The molecule has 0 radical (unpaired) electrons. The number of benzene rings is 1. The molecule has 0 saturated carbocycles. The van der Waals surface area contributed by atoms with Crippen LogP contribution in [0.2, 0.25) is 0 Å². The van der Waals surface area contributed by atoms with Gasteiger partial charge in [0.15, 0.2) is 12.6 Å². The molecule has 0 bridgehead atoms. The molecule has 2 fully saturated rings. The smallest absolute Gasteiger partial charge is 0.262 e. The molecule has 148 valence electrons. The summed E-state index contributed by atoms with van der Waals surface area (Å²) in [5, 5.41) is 3.06. The van der Waals surface area contributed by atoms with Crippen LogP contribution in [-0.2, 0) is 24.0 Å². The van der Waals surface area contributed by atoms with Crippen molar-refractivity contribution in [2.75, 3.05) is 34.1 Å². The number of amides is 1. The minimum absolute atomic E-state index is 0.0853. The summed E-state index contributed by atoms with van der Waals surface area (Å²) in [5.41, 5.74) is 1.71. The van der Waals surface area contributed by atoms with E-state index in [2.05, 4.69) is 15.9 Å². The molecule has 1 amide bonds. The van der Waals surface area contributed by atoms with Crippen LogP contribution in [0.5, 0.6) is 0 Å². The first-order valence-corrected chi connectivity index (χ1v) is 9.71. The van der Waals surface area contributed by atoms with Crippen molar-refractivity contribution in [3.63, 3.8) is 0 Å². The normalized spacial score (nSPS) is 22.9. The molecular formula is C19H25BrN2O5. The Morgan fingerprint density at radius 1 is 1.15 bits per heavy atom. The van der Waals surface area contributed by atoms with Gasteiger partial charge in [-0.15, -0.1) is 0 Å². The quantitative estimate of drug-likeness (QED) is 0.517. The molecule has 2 aliphatic rings. The number of hydroxylamine groups is 4. The number of halogens is 1. The van der Waals surface area contributed by atoms with Crippen LogP contribution in [0.3, 0.4) is 0 Å². The monoisotopic (exact) mass is 440 g/mol. The first-order valence-electron chi connectivity index (χ1n) is 8.91. The maximum Gasteiger partial charge on any atom is 0.262 e. The van der Waals surface area contributed by atoms with E-state index < -0.39 is 11.5 Å². The van der Waals surface area contributed by atoms with Gasteiger partial charge in [0.1, 0.15) is 11.5 Å². The number of hydrogen-bond donors (Lipinski definition) is 0. The van der Waals surface area contributed by atoms with E-state index in [1.165, 1.54) is 12.2 Å². The largest absolute Gasteiger partial charge is 0.356 e. The van der Waals surface area contributed by atoms with Gasteiger partial charge in [0, 0.05) is 24.7 Å². The molecule has 1 aromatic carbocycles. The number of carbonyl (C=O) groups is 2. The molecule has 8 heteroatoms. The zero-order valence-corrected chi connectivity index (χ0v) is 17.7. The van der Waals surface area contributed by atoms with E-state index in [0.29, 0.717) is 25.9 Å². The number of hydrogen-bond acceptors (Lipinski definition) is 6. The molecule has 2 saturated heterocycles. The van der Waals surface area contributed by atoms with Crippen molar-refractivity contribution in [2.24, 2.45) is 0 Å². The van der Waals surface area contributed by atoms with Crippen molar-refractivity contribution in [1.29, 1.82) is 0 Å². The molecule has 2 aliphatic heterocycles. The van der Waals surface area contributed by atoms with Crippen LogP contribution in [0.15, 0.2) is 16.6 Å². The van der Waals surface area contributed by atoms with E-state index in [1.807, 2.05) is 26.0 Å². The third kappa shape index (κ3) is 3.45. The fourth-order valence-electron chi connectivity index (χ4n) is 4.02. The average Bonchev–Trinajstić information content (AvgIpc) is 2.84. The molecule has 7 nitrogen and oxygen atoms in total. The highest BCUT2D eigenvalue weighted by Gasteiger charge is 2.61. The molecule has 0 N–H and O–H groups in total. The molecule has 27 heavy (non-hydrogen) atoms. The summed E-state index contributed by atoms with van der Waals surface area (Å²) in [7, 11) is 3.09. The minimum Gasteiger partial charge on any atom is -0.356 e. The van der Waals surface area contributed by atoms with Crippen molar-refractivity contribution < 1.29 is 24.0 Å². The second kappa shape index (κ2) is 7.97. The first-order chi connectivity index (χ1) is 12.9. The van der Waals surface area contributed by atoms with Crippen molar-refractivity contribution >= 4 is 27.6 Å². The predicted molar refractivity (Wildman–Crippen MR) is 102 cm³/mol. The summed E-state index contributed by atoms with van der Waals surface area (Å²) < 4.78 is 5.87. The average molecular weight is 441 g/mol. The number of aryl methyl sites for hydroxylation is 2. The third-order valence-electron chi connectivity index (χ3n) is 5.52. The summed E-state index contributed by atoms with van der Waals surface area (Å²) >= 11 is 3.52. The number of nitrogens with zero attached hydrogens (tertiary/aromatic N) is 2. The molecule has 0 aromatic heterocycles. The predicted octanol–water partition coefficient (Wildman–Crippen LogP) is 2.49. The molecule has 1 aromatic rings. The van der Waals surface area contributed by atoms with Crippen molar-refractivity contribution in [3.05, 3.63) is 33.3 Å². The highest BCUT2D eigenvalue weighted by molar-refractivity contribution is 9.10. The molecule has 1 atom stereocenters. The second-order valence-corrected chi connectivity index (χ2v) is 7.92. The molecule has 1 spiro atoms. The Morgan fingerprint density at radius 2 is 1.81 bits per heavy atom. The van der Waals surface area contributed by atoms with Crippen LogP contribution in [0.4, 0.5) is 0 Å². The van der Waals surface area contributed by atoms with Crippen LogP contribution < -0.4 is 0 Å². The fraction of sp³-hybridized carbons (Fsp3) is 0.579. The van der Waals surface area contributed by atoms with E-state index in [9.17, 15) is 9.59 Å². The van der Waals surface area contributed by atoms with Gasteiger partial charge >= 0.3 is 0 Å². The fourth-order valence-corrected chi connectivity index (χ4v) is 4.38. The van der Waals surface area contributed by atoms with Gasteiger partial charge in [0.25, 0.3) is 5.91 Å². The lowest BCUT2D eigenvalue weighted by molar-refractivity contribution is -0.256. The maximum atomic E-state index is 13.6. The summed E-state index contributed by atoms with van der Waals surface area (Å²) in [5.74, 6) is -1.31. The van der Waals surface area contributed by atoms with Crippen molar-refractivity contribution in [3.8, 4) is 0 Å². The van der Waals surface area contributed by atoms with Gasteiger partial charge in [-0.3, -0.25) is 9.59 Å². The van der Waals surface area contributed by atoms with Gasteiger partial charge in [-0.25, -0.2) is 9.90 Å². The maximum absolute atomic E-state index is 13.6. The highest BCUT2D eigenvalue weighted by Crippen LogP contribution is 2.44. The first kappa shape index (κ1) is 20.4. The Morgan fingerprint density at radius 3 is 2.41 bits per heavy atom. The summed E-state index contributed by atoms with van der Waals surface area (Å²) in [6.07, 6.45) is 0.912. The summed E-state index contributed by atoms with van der Waals surface area (Å²) in [6, 6.07) is 3.86. The SMILES string of the molecule is COCON1C(=O)C(c2cc(Br)c(C)cc2C)C(=O)C12CCN(OC)CC2. The van der Waals surface area contributed by atoms with Crippen molar-refractivity contribution in [2.45, 2.75) is 38.1 Å². The Labute approximate surface area is 167 Å². The Balaban J connectivity index is 2.01. The molecular weight excluding hydrogens is 416 g/mol. The third-order valence-corrected chi connectivity index (χ3v) is 6.38. The summed E-state index contributed by atoms with van der Waals surface area (Å²) in [4.78, 5) is 37.7. The lowest BCUT2D eigenvalue weighted by atomic mass is 9.80. The number of ether oxygens (including phenoxy) is 1. The van der Waals surface area contributed by atoms with E-state index in [0.717, 1.165) is 21.2 Å². The standard InChI is InChI=1S/C19H25BrN2O5/c1-12-9-13(2)15(20)10-14(12)16-17(23)19(5-7-21(26-4)8-6-19)22(18(16)24)27-11-25-3/h9-10,16H,5-8,11H2,1-4H3. The Kier molecular flexibility index (Phi) is 6.02. The topological polar surface area (TPSA) is 68.3 Å². The minimum atomic E-state index is -0.987. The van der Waals surface area contributed by atoms with E-state index in [1.54, 1.807) is 12.2 Å². The Bertz CT molecular complexity index is 746. The van der Waals surface area contributed by atoms with Gasteiger partial charge in [0.05, 0.1) is 7.11 Å². The number of piperidine rings is 1. The van der Waals surface area contributed by atoms with Gasteiger partial charge < -0.3 is 9.57 Å². The molecule has 2 heterocycles. The van der Waals surface area contributed by atoms with Crippen LogP contribution in [0.25, 0.3) is 0 Å². The van der Waals surface area contributed by atoms with Gasteiger partial charge in [-0.2, -0.15) is 5.06 Å². The number of carbonyl (C=O) groups excluding carboxylic acids is 2. The Hall–Kier alpha value is -1.32. The summed E-state index contributed by atoms with van der Waals surface area (Å²) in [6.45, 7) is 4.92. The number of methoxy groups -OCH3 is 1. The van der Waals surface area contributed by atoms with Gasteiger partial charge in [0.2, 0.25) is 0 Å². The van der Waals surface area contributed by atoms with E-state index >= 15 is 0 Å². The number of rotatable bonds is 5. The lowest BCUT2D eigenvalue weighted by Gasteiger charge is -2.41. The van der Waals surface area contributed by atoms with Crippen LogP contribution >= 0.6 is 15.9 Å². The van der Waals surface area contributed by atoms with Crippen molar-refractivity contribution in [1.82, 2.24) is 10.1 Å². The highest BCUT2D eigenvalue weighted by atomic mass is 79.9. The molecule has 3 rings (SSSR count). The molecule has 1 unspecified atom stereocenters. The zero-order chi connectivity index (χ0) is 19.8. The van der Waals surface area contributed by atoms with Crippen LogP contribution in [0.1, 0.15) is 35.4 Å². The number of ketones is 1.